The van der Waals surface area contributed by atoms with E-state index in [2.05, 4.69) is 27.1 Å². The molecule has 4 nitrogen and oxygen atoms in total. The van der Waals surface area contributed by atoms with Crippen molar-refractivity contribution in [2.75, 3.05) is 6.54 Å². The summed E-state index contributed by atoms with van der Waals surface area (Å²) >= 11 is 11.3. The SMILES string of the molecule is CC(=O)NCC#Cc1cnc(Cl)nc1Cl. The van der Waals surface area contributed by atoms with Gasteiger partial charge in [0.15, 0.2) is 0 Å². The maximum atomic E-state index is 10.5. The van der Waals surface area contributed by atoms with Crippen LogP contribution in [0.2, 0.25) is 10.4 Å². The van der Waals surface area contributed by atoms with Gasteiger partial charge in [0.05, 0.1) is 12.1 Å². The van der Waals surface area contributed by atoms with Gasteiger partial charge < -0.3 is 5.32 Å². The van der Waals surface area contributed by atoms with Gasteiger partial charge in [0.1, 0.15) is 5.15 Å². The van der Waals surface area contributed by atoms with Crippen LogP contribution in [-0.2, 0) is 4.79 Å². The second-order valence-corrected chi connectivity index (χ2v) is 3.25. The molecule has 1 amide bonds. The molecule has 0 unspecified atom stereocenters. The Morgan fingerprint density at radius 3 is 2.93 bits per heavy atom. The Morgan fingerprint density at radius 1 is 1.60 bits per heavy atom. The minimum atomic E-state index is -0.136. The molecule has 0 spiro atoms. The minimum absolute atomic E-state index is 0.0763. The average molecular weight is 244 g/mol. The molecule has 0 fully saturated rings. The van der Waals surface area contributed by atoms with Gasteiger partial charge in [-0.25, -0.2) is 9.97 Å². The monoisotopic (exact) mass is 243 g/mol. The van der Waals surface area contributed by atoms with Gasteiger partial charge in [-0.2, -0.15) is 0 Å². The molecular formula is C9H7Cl2N3O. The highest BCUT2D eigenvalue weighted by molar-refractivity contribution is 6.32. The van der Waals surface area contributed by atoms with Gasteiger partial charge >= 0.3 is 0 Å². The first-order valence-electron chi connectivity index (χ1n) is 4.01. The molecule has 1 heterocycles. The fourth-order valence-electron chi connectivity index (χ4n) is 0.733. The number of aromatic nitrogens is 2. The van der Waals surface area contributed by atoms with Gasteiger partial charge in [-0.3, -0.25) is 4.79 Å². The van der Waals surface area contributed by atoms with Crippen LogP contribution in [0.15, 0.2) is 6.20 Å². The Balaban J connectivity index is 2.67. The van der Waals surface area contributed by atoms with Crippen LogP contribution < -0.4 is 5.32 Å². The van der Waals surface area contributed by atoms with E-state index < -0.39 is 0 Å². The fourth-order valence-corrected chi connectivity index (χ4v) is 1.09. The minimum Gasteiger partial charge on any atom is -0.345 e. The maximum absolute atomic E-state index is 10.5. The Bertz CT molecular complexity index is 437. The molecule has 0 saturated carbocycles. The third-order valence-electron chi connectivity index (χ3n) is 1.36. The van der Waals surface area contributed by atoms with Gasteiger partial charge in [0.2, 0.25) is 11.2 Å². The van der Waals surface area contributed by atoms with Crippen molar-refractivity contribution in [3.8, 4) is 11.8 Å². The normalized spacial score (nSPS) is 9.00. The van der Waals surface area contributed by atoms with Crippen LogP contribution in [0.4, 0.5) is 0 Å². The van der Waals surface area contributed by atoms with E-state index >= 15 is 0 Å². The molecule has 6 heteroatoms. The molecule has 0 bridgehead atoms. The number of halogens is 2. The lowest BCUT2D eigenvalue weighted by Gasteiger charge is -1.94. The second-order valence-electron chi connectivity index (χ2n) is 2.56. The summed E-state index contributed by atoms with van der Waals surface area (Å²) in [6, 6.07) is 0. The second kappa shape index (κ2) is 5.54. The summed E-state index contributed by atoms with van der Waals surface area (Å²) in [5.41, 5.74) is 0.478. The first-order chi connectivity index (χ1) is 7.09. The molecule has 1 aromatic heterocycles. The Kier molecular flexibility index (Phi) is 4.35. The molecule has 15 heavy (non-hydrogen) atoms. The lowest BCUT2D eigenvalue weighted by Crippen LogP contribution is -2.19. The van der Waals surface area contributed by atoms with Crippen molar-refractivity contribution >= 4 is 29.1 Å². The summed E-state index contributed by atoms with van der Waals surface area (Å²) < 4.78 is 0. The van der Waals surface area contributed by atoms with Crippen LogP contribution in [-0.4, -0.2) is 22.4 Å². The molecule has 0 aliphatic heterocycles. The topological polar surface area (TPSA) is 54.9 Å². The number of hydrogen-bond donors (Lipinski definition) is 1. The summed E-state index contributed by atoms with van der Waals surface area (Å²) in [7, 11) is 0. The van der Waals surface area contributed by atoms with E-state index in [1.54, 1.807) is 0 Å². The third-order valence-corrected chi connectivity index (χ3v) is 1.83. The highest BCUT2D eigenvalue weighted by Crippen LogP contribution is 2.12. The summed E-state index contributed by atoms with van der Waals surface area (Å²) in [6.07, 6.45) is 1.43. The molecule has 0 aliphatic rings. The van der Waals surface area contributed by atoms with Crippen LogP contribution in [0.5, 0.6) is 0 Å². The first-order valence-corrected chi connectivity index (χ1v) is 4.76. The molecule has 78 valence electrons. The molecule has 0 radical (unpaired) electrons. The van der Waals surface area contributed by atoms with Crippen LogP contribution in [0.1, 0.15) is 12.5 Å². The quantitative estimate of drug-likeness (QED) is 0.459. The zero-order chi connectivity index (χ0) is 11.3. The van der Waals surface area contributed by atoms with Crippen molar-refractivity contribution in [3.05, 3.63) is 22.2 Å². The number of hydrogen-bond acceptors (Lipinski definition) is 3. The van der Waals surface area contributed by atoms with E-state index in [1.807, 2.05) is 0 Å². The van der Waals surface area contributed by atoms with Crippen LogP contribution in [0, 0.1) is 11.8 Å². The first kappa shape index (κ1) is 11.8. The van der Waals surface area contributed by atoms with Gasteiger partial charge in [0, 0.05) is 13.1 Å². The van der Waals surface area contributed by atoms with E-state index in [-0.39, 0.29) is 22.9 Å². The smallest absolute Gasteiger partial charge is 0.223 e. The number of rotatable bonds is 1. The molecule has 0 aliphatic carbocycles. The van der Waals surface area contributed by atoms with Crippen molar-refractivity contribution < 1.29 is 4.79 Å². The Morgan fingerprint density at radius 2 is 2.33 bits per heavy atom. The van der Waals surface area contributed by atoms with Crippen molar-refractivity contribution in [1.29, 1.82) is 0 Å². The van der Waals surface area contributed by atoms with Crippen molar-refractivity contribution in [2.45, 2.75) is 6.92 Å². The zero-order valence-corrected chi connectivity index (χ0v) is 9.35. The summed E-state index contributed by atoms with van der Waals surface area (Å²) in [4.78, 5) is 18.0. The lowest BCUT2D eigenvalue weighted by molar-refractivity contribution is -0.118. The Labute approximate surface area is 97.0 Å². The molecule has 1 rings (SSSR count). The van der Waals surface area contributed by atoms with E-state index in [4.69, 9.17) is 23.2 Å². The molecule has 0 aromatic carbocycles. The predicted molar refractivity (Wildman–Crippen MR) is 57.6 cm³/mol. The third kappa shape index (κ3) is 4.15. The number of carbonyl (C=O) groups excluding carboxylic acids is 1. The molecule has 1 aromatic rings. The number of nitrogens with zero attached hydrogens (tertiary/aromatic N) is 2. The van der Waals surface area contributed by atoms with Gasteiger partial charge in [-0.1, -0.05) is 23.4 Å². The largest absolute Gasteiger partial charge is 0.345 e. The van der Waals surface area contributed by atoms with Gasteiger partial charge in [-0.15, -0.1) is 0 Å². The van der Waals surface area contributed by atoms with Crippen molar-refractivity contribution in [3.63, 3.8) is 0 Å². The van der Waals surface area contributed by atoms with Gasteiger partial charge in [0.25, 0.3) is 0 Å². The van der Waals surface area contributed by atoms with Crippen LogP contribution in [0.25, 0.3) is 0 Å². The summed E-state index contributed by atoms with van der Waals surface area (Å²) in [6.45, 7) is 1.67. The fraction of sp³-hybridized carbons (Fsp3) is 0.222. The number of carbonyl (C=O) groups is 1. The zero-order valence-electron chi connectivity index (χ0n) is 7.84. The highest BCUT2D eigenvalue weighted by Gasteiger charge is 1.99. The Hall–Kier alpha value is -1.31. The molecule has 0 saturated heterocycles. The van der Waals surface area contributed by atoms with Gasteiger partial charge in [-0.05, 0) is 11.6 Å². The van der Waals surface area contributed by atoms with E-state index in [9.17, 15) is 4.79 Å². The van der Waals surface area contributed by atoms with E-state index in [1.165, 1.54) is 13.1 Å². The van der Waals surface area contributed by atoms with E-state index in [0.717, 1.165) is 0 Å². The molecule has 0 atom stereocenters. The van der Waals surface area contributed by atoms with E-state index in [0.29, 0.717) is 5.56 Å². The number of amides is 1. The van der Waals surface area contributed by atoms with Crippen LogP contribution >= 0.6 is 23.2 Å². The predicted octanol–water partition coefficient (Wildman–Crippen LogP) is 1.27. The summed E-state index contributed by atoms with van der Waals surface area (Å²) in [5.74, 6) is 5.28. The lowest BCUT2D eigenvalue weighted by atomic mass is 10.3. The average Bonchev–Trinajstić information content (AvgIpc) is 2.14. The maximum Gasteiger partial charge on any atom is 0.223 e. The van der Waals surface area contributed by atoms with Crippen LogP contribution in [0.3, 0.4) is 0 Å². The molecule has 1 N–H and O–H groups in total. The van der Waals surface area contributed by atoms with Crippen molar-refractivity contribution in [1.82, 2.24) is 15.3 Å². The van der Waals surface area contributed by atoms with Crippen molar-refractivity contribution in [2.24, 2.45) is 0 Å². The summed E-state index contributed by atoms with van der Waals surface area (Å²) in [5, 5.41) is 2.80. The molecular weight excluding hydrogens is 237 g/mol. The standard InChI is InChI=1S/C9H7Cl2N3O/c1-6(15)12-4-2-3-7-5-13-9(11)14-8(7)10/h5H,4H2,1H3,(H,12,15). The number of nitrogens with one attached hydrogen (secondary N) is 1. The highest BCUT2D eigenvalue weighted by atomic mass is 35.5.